The van der Waals surface area contributed by atoms with Crippen LogP contribution in [0.5, 0.6) is 0 Å². The van der Waals surface area contributed by atoms with E-state index in [-0.39, 0.29) is 23.8 Å². The highest BCUT2D eigenvalue weighted by atomic mass is 32.2. The first kappa shape index (κ1) is 22.4. The largest absolute Gasteiger partial charge is 0.418 e. The van der Waals surface area contributed by atoms with Crippen LogP contribution in [0.2, 0.25) is 0 Å². The minimum atomic E-state index is -4.54. The van der Waals surface area contributed by atoms with Gasteiger partial charge in [0.15, 0.2) is 0 Å². The molecule has 0 fully saturated rings. The average Bonchev–Trinajstić information content (AvgIpc) is 2.73. The maximum atomic E-state index is 13.0. The van der Waals surface area contributed by atoms with Crippen molar-refractivity contribution in [1.82, 2.24) is 0 Å². The molecule has 4 nitrogen and oxygen atoms in total. The van der Waals surface area contributed by atoms with E-state index in [0.29, 0.717) is 5.69 Å². The number of nitrogens with one attached hydrogen (secondary N) is 2. The maximum Gasteiger partial charge on any atom is 0.418 e. The Kier molecular flexibility index (Phi) is 7.36. The van der Waals surface area contributed by atoms with Gasteiger partial charge in [-0.05, 0) is 42.0 Å². The summed E-state index contributed by atoms with van der Waals surface area (Å²) in [6.45, 7) is 0. The van der Waals surface area contributed by atoms with Crippen LogP contribution in [-0.2, 0) is 22.2 Å². The van der Waals surface area contributed by atoms with Crippen LogP contribution in [0.25, 0.3) is 0 Å². The van der Waals surface area contributed by atoms with Gasteiger partial charge in [-0.15, -0.1) is 11.8 Å². The Hall–Kier alpha value is -3.26. The molecule has 0 aromatic heterocycles. The molecule has 0 radical (unpaired) electrons. The maximum absolute atomic E-state index is 13.0. The van der Waals surface area contributed by atoms with E-state index in [1.807, 2.05) is 30.3 Å². The molecule has 3 aromatic rings. The van der Waals surface area contributed by atoms with Gasteiger partial charge in [-0.1, -0.05) is 42.5 Å². The SMILES string of the molecule is O=C(Cc1ccccc1)Nc1ccc(SCC(=O)Nc2ccccc2C(F)(F)F)cc1. The van der Waals surface area contributed by atoms with E-state index in [2.05, 4.69) is 10.6 Å². The molecular formula is C23H19F3N2O2S. The van der Waals surface area contributed by atoms with Crippen LogP contribution < -0.4 is 10.6 Å². The van der Waals surface area contributed by atoms with Gasteiger partial charge in [0, 0.05) is 10.6 Å². The van der Waals surface area contributed by atoms with Gasteiger partial charge in [0.25, 0.3) is 0 Å². The highest BCUT2D eigenvalue weighted by Gasteiger charge is 2.33. The highest BCUT2D eigenvalue weighted by molar-refractivity contribution is 8.00. The summed E-state index contributed by atoms with van der Waals surface area (Å²) in [6, 6.07) is 21.1. The zero-order valence-corrected chi connectivity index (χ0v) is 17.1. The Bertz CT molecular complexity index is 1040. The molecule has 0 bridgehead atoms. The number of alkyl halides is 3. The third-order valence-corrected chi connectivity index (χ3v) is 5.23. The van der Waals surface area contributed by atoms with Crippen LogP contribution in [0, 0.1) is 0 Å². The fourth-order valence-corrected chi connectivity index (χ4v) is 3.49. The number of halogens is 3. The monoisotopic (exact) mass is 444 g/mol. The highest BCUT2D eigenvalue weighted by Crippen LogP contribution is 2.34. The van der Waals surface area contributed by atoms with Gasteiger partial charge >= 0.3 is 6.18 Å². The zero-order chi connectivity index (χ0) is 22.3. The lowest BCUT2D eigenvalue weighted by Gasteiger charge is -2.13. The second-order valence-corrected chi connectivity index (χ2v) is 7.66. The summed E-state index contributed by atoms with van der Waals surface area (Å²) in [5, 5.41) is 5.11. The Morgan fingerprint density at radius 1 is 0.774 bits per heavy atom. The van der Waals surface area contributed by atoms with Crippen LogP contribution in [0.1, 0.15) is 11.1 Å². The second kappa shape index (κ2) is 10.2. The second-order valence-electron chi connectivity index (χ2n) is 6.62. The number of carbonyl (C=O) groups is 2. The van der Waals surface area contributed by atoms with Crippen molar-refractivity contribution in [3.05, 3.63) is 90.0 Å². The smallest absolute Gasteiger partial charge is 0.326 e. The number of hydrogen-bond donors (Lipinski definition) is 2. The molecule has 0 heterocycles. The van der Waals surface area contributed by atoms with E-state index in [1.165, 1.54) is 30.0 Å². The van der Waals surface area contributed by atoms with Crippen molar-refractivity contribution in [1.29, 1.82) is 0 Å². The van der Waals surface area contributed by atoms with Gasteiger partial charge in [0.2, 0.25) is 11.8 Å². The van der Waals surface area contributed by atoms with Crippen molar-refractivity contribution < 1.29 is 22.8 Å². The summed E-state index contributed by atoms with van der Waals surface area (Å²) >= 11 is 1.19. The lowest BCUT2D eigenvalue weighted by Crippen LogP contribution is -2.18. The van der Waals surface area contributed by atoms with Crippen LogP contribution in [0.15, 0.2) is 83.8 Å². The lowest BCUT2D eigenvalue weighted by atomic mass is 10.1. The van der Waals surface area contributed by atoms with Gasteiger partial charge in [0.05, 0.1) is 23.4 Å². The summed E-state index contributed by atoms with van der Waals surface area (Å²) in [5.41, 5.74) is 0.375. The van der Waals surface area contributed by atoms with Gasteiger partial charge in [-0.3, -0.25) is 9.59 Å². The van der Waals surface area contributed by atoms with Gasteiger partial charge in [0.1, 0.15) is 0 Å². The molecule has 0 saturated heterocycles. The number of para-hydroxylation sites is 1. The number of anilines is 2. The Morgan fingerprint density at radius 3 is 2.10 bits per heavy atom. The predicted molar refractivity (Wildman–Crippen MR) is 116 cm³/mol. The van der Waals surface area contributed by atoms with Crippen LogP contribution in [-0.4, -0.2) is 17.6 Å². The molecule has 160 valence electrons. The number of amides is 2. The normalized spacial score (nSPS) is 11.1. The van der Waals surface area contributed by atoms with Crippen molar-refractivity contribution in [2.24, 2.45) is 0 Å². The number of benzene rings is 3. The van der Waals surface area contributed by atoms with E-state index in [0.717, 1.165) is 16.5 Å². The zero-order valence-electron chi connectivity index (χ0n) is 16.3. The molecule has 31 heavy (non-hydrogen) atoms. The quantitative estimate of drug-likeness (QED) is 0.465. The van der Waals surface area contributed by atoms with E-state index < -0.39 is 17.6 Å². The first-order valence-electron chi connectivity index (χ1n) is 9.34. The third kappa shape index (κ3) is 6.89. The van der Waals surface area contributed by atoms with Crippen molar-refractivity contribution in [2.45, 2.75) is 17.5 Å². The van der Waals surface area contributed by atoms with E-state index in [1.54, 1.807) is 24.3 Å². The Morgan fingerprint density at radius 2 is 1.42 bits per heavy atom. The fourth-order valence-electron chi connectivity index (χ4n) is 2.80. The molecule has 3 aromatic carbocycles. The first-order chi connectivity index (χ1) is 14.8. The summed E-state index contributed by atoms with van der Waals surface area (Å²) < 4.78 is 39.0. The van der Waals surface area contributed by atoms with Crippen LogP contribution >= 0.6 is 11.8 Å². The van der Waals surface area contributed by atoms with Crippen molar-refractivity contribution in [3.63, 3.8) is 0 Å². The standard InChI is InChI=1S/C23H19F3N2O2S/c24-23(25,26)19-8-4-5-9-20(19)28-22(30)15-31-18-12-10-17(11-13-18)27-21(29)14-16-6-2-1-3-7-16/h1-13H,14-15H2,(H,27,29)(H,28,30). The molecule has 8 heteroatoms. The van der Waals surface area contributed by atoms with Gasteiger partial charge < -0.3 is 10.6 Å². The minimum absolute atomic E-state index is 0.0497. The van der Waals surface area contributed by atoms with E-state index in [9.17, 15) is 22.8 Å². The molecule has 0 aliphatic carbocycles. The fraction of sp³-hybridized carbons (Fsp3) is 0.130. The molecule has 0 atom stereocenters. The predicted octanol–water partition coefficient (Wildman–Crippen LogP) is 5.62. The Labute approximate surface area is 181 Å². The molecule has 3 rings (SSSR count). The topological polar surface area (TPSA) is 58.2 Å². The third-order valence-electron chi connectivity index (χ3n) is 4.22. The van der Waals surface area contributed by atoms with Crippen molar-refractivity contribution in [2.75, 3.05) is 16.4 Å². The molecule has 0 saturated carbocycles. The lowest BCUT2D eigenvalue weighted by molar-refractivity contribution is -0.137. The number of carbonyl (C=O) groups excluding carboxylic acids is 2. The summed E-state index contributed by atoms with van der Waals surface area (Å²) in [4.78, 5) is 24.9. The molecule has 0 aliphatic heterocycles. The number of rotatable bonds is 7. The minimum Gasteiger partial charge on any atom is -0.326 e. The Balaban J connectivity index is 1.50. The molecule has 2 amide bonds. The van der Waals surface area contributed by atoms with Crippen LogP contribution in [0.3, 0.4) is 0 Å². The summed E-state index contributed by atoms with van der Waals surface area (Å²) in [6.07, 6.45) is -4.28. The molecular weight excluding hydrogens is 425 g/mol. The number of thioether (sulfide) groups is 1. The average molecular weight is 444 g/mol. The van der Waals surface area contributed by atoms with Gasteiger partial charge in [-0.2, -0.15) is 13.2 Å². The molecule has 2 N–H and O–H groups in total. The van der Waals surface area contributed by atoms with Crippen LogP contribution in [0.4, 0.5) is 24.5 Å². The summed E-state index contributed by atoms with van der Waals surface area (Å²) in [7, 11) is 0. The van der Waals surface area contributed by atoms with Gasteiger partial charge in [-0.25, -0.2) is 0 Å². The molecule has 0 aliphatic rings. The molecule has 0 spiro atoms. The van der Waals surface area contributed by atoms with Crippen molar-refractivity contribution >= 4 is 35.0 Å². The summed E-state index contributed by atoms with van der Waals surface area (Å²) in [5.74, 6) is -0.734. The van der Waals surface area contributed by atoms with Crippen molar-refractivity contribution in [3.8, 4) is 0 Å². The van der Waals surface area contributed by atoms with E-state index >= 15 is 0 Å². The number of hydrogen-bond acceptors (Lipinski definition) is 3. The first-order valence-corrected chi connectivity index (χ1v) is 10.3. The molecule has 0 unspecified atom stereocenters. The van der Waals surface area contributed by atoms with E-state index in [4.69, 9.17) is 0 Å².